The van der Waals surface area contributed by atoms with E-state index in [1.165, 1.54) is 0 Å². The Morgan fingerprint density at radius 2 is 1.73 bits per heavy atom. The molecule has 0 aromatic heterocycles. The van der Waals surface area contributed by atoms with Gasteiger partial charge in [0.05, 0.1) is 12.8 Å². The third-order valence-electron chi connectivity index (χ3n) is 5.00. The van der Waals surface area contributed by atoms with E-state index in [1.807, 2.05) is 30.3 Å². The molecule has 2 N–H and O–H groups in total. The number of anilines is 1. The quantitative estimate of drug-likeness (QED) is 0.482. The van der Waals surface area contributed by atoms with Gasteiger partial charge >= 0.3 is 0 Å². The first-order chi connectivity index (χ1) is 12.6. The van der Waals surface area contributed by atoms with Crippen molar-refractivity contribution in [3.8, 4) is 0 Å². The number of benzene rings is 2. The molecule has 2 unspecified atom stereocenters. The fourth-order valence-corrected chi connectivity index (χ4v) is 4.34. The van der Waals surface area contributed by atoms with Crippen molar-refractivity contribution in [3.63, 3.8) is 0 Å². The molecular weight excluding hydrogens is 391 g/mol. The normalized spacial score (nSPS) is 20.4. The van der Waals surface area contributed by atoms with Crippen molar-refractivity contribution in [3.05, 3.63) is 63.1 Å². The van der Waals surface area contributed by atoms with E-state index in [0.29, 0.717) is 16.0 Å². The van der Waals surface area contributed by atoms with Gasteiger partial charge in [-0.1, -0.05) is 40.9 Å². The Morgan fingerprint density at radius 3 is 2.42 bits per heavy atom. The van der Waals surface area contributed by atoms with E-state index in [0.717, 1.165) is 48.6 Å². The van der Waals surface area contributed by atoms with Crippen molar-refractivity contribution < 1.29 is 5.11 Å². The second-order valence-electron chi connectivity index (χ2n) is 6.70. The maximum Gasteiger partial charge on any atom is 0.0931 e. The van der Waals surface area contributed by atoms with Gasteiger partial charge in [0.2, 0.25) is 0 Å². The summed E-state index contributed by atoms with van der Waals surface area (Å²) in [5.41, 5.74) is 2.25. The van der Waals surface area contributed by atoms with Crippen molar-refractivity contribution in [2.24, 2.45) is 5.92 Å². The molecular formula is C20H23Cl3N2O. The molecule has 3 nitrogen and oxygen atoms in total. The van der Waals surface area contributed by atoms with E-state index in [2.05, 4.69) is 22.3 Å². The maximum absolute atomic E-state index is 8.94. The highest BCUT2D eigenvalue weighted by Crippen LogP contribution is 2.41. The summed E-state index contributed by atoms with van der Waals surface area (Å²) in [7, 11) is 0. The fourth-order valence-electron chi connectivity index (χ4n) is 3.68. The molecule has 1 aliphatic heterocycles. The molecule has 6 heteroatoms. The molecule has 0 aliphatic carbocycles. The van der Waals surface area contributed by atoms with Crippen molar-refractivity contribution in [1.82, 2.24) is 5.32 Å². The van der Waals surface area contributed by atoms with Crippen molar-refractivity contribution in [2.45, 2.75) is 25.3 Å². The second-order valence-corrected chi connectivity index (χ2v) is 7.98. The van der Waals surface area contributed by atoms with E-state index >= 15 is 0 Å². The Hall–Kier alpha value is -0.970. The molecule has 1 heterocycles. The molecule has 140 valence electrons. The van der Waals surface area contributed by atoms with Gasteiger partial charge < -0.3 is 10.0 Å². The van der Waals surface area contributed by atoms with Crippen LogP contribution in [0, 0.1) is 5.92 Å². The van der Waals surface area contributed by atoms with Gasteiger partial charge in [0, 0.05) is 27.3 Å². The van der Waals surface area contributed by atoms with Crippen LogP contribution in [0.15, 0.2) is 42.5 Å². The molecule has 26 heavy (non-hydrogen) atoms. The first kappa shape index (κ1) is 19.8. The summed E-state index contributed by atoms with van der Waals surface area (Å²) in [6.07, 6.45) is 3.18. The van der Waals surface area contributed by atoms with Crippen LogP contribution in [0.4, 0.5) is 5.69 Å². The average molecular weight is 414 g/mol. The number of rotatable bonds is 6. The van der Waals surface area contributed by atoms with Gasteiger partial charge in [0.15, 0.2) is 0 Å². The van der Waals surface area contributed by atoms with Crippen LogP contribution in [0.1, 0.15) is 30.9 Å². The predicted molar refractivity (Wildman–Crippen MR) is 110 cm³/mol. The van der Waals surface area contributed by atoms with E-state index in [-0.39, 0.29) is 12.8 Å². The Kier molecular flexibility index (Phi) is 7.07. The van der Waals surface area contributed by atoms with Crippen molar-refractivity contribution in [1.29, 1.82) is 0 Å². The molecule has 1 saturated heterocycles. The highest BCUT2D eigenvalue weighted by atomic mass is 35.5. The molecule has 0 radical (unpaired) electrons. The summed E-state index contributed by atoms with van der Waals surface area (Å²) < 4.78 is 0. The van der Waals surface area contributed by atoms with Crippen LogP contribution in [0.5, 0.6) is 0 Å². The number of nitrogens with one attached hydrogen (secondary N) is 1. The predicted octanol–water partition coefficient (Wildman–Crippen LogP) is 5.53. The summed E-state index contributed by atoms with van der Waals surface area (Å²) in [6.45, 7) is 1.79. The molecule has 0 spiro atoms. The Bertz CT molecular complexity index is 723. The highest BCUT2D eigenvalue weighted by Gasteiger charge is 2.30. The minimum atomic E-state index is 0.0244. The molecule has 2 aromatic carbocycles. The number of hydrogen-bond donors (Lipinski definition) is 2. The number of hydrogen-bond acceptors (Lipinski definition) is 3. The lowest BCUT2D eigenvalue weighted by Crippen LogP contribution is -2.39. The van der Waals surface area contributed by atoms with Crippen LogP contribution in [0.3, 0.4) is 0 Å². The average Bonchev–Trinajstić information content (AvgIpc) is 2.63. The number of piperidine rings is 1. The molecule has 0 bridgehead atoms. The zero-order valence-corrected chi connectivity index (χ0v) is 16.7. The van der Waals surface area contributed by atoms with Crippen LogP contribution in [-0.2, 0) is 0 Å². The Balaban J connectivity index is 1.86. The van der Waals surface area contributed by atoms with Gasteiger partial charge in [-0.3, -0.25) is 5.32 Å². The van der Waals surface area contributed by atoms with Crippen LogP contribution in [0.2, 0.25) is 15.1 Å². The standard InChI is InChI=1S/C20H23Cl3N2O/c21-15-2-5-17(6-3-15)25-12-14(9-10-24-13-26)1-8-20(25)18-7-4-16(22)11-19(18)23/h2-7,11,14,20,24,26H,1,8-10,12-13H2. The van der Waals surface area contributed by atoms with Gasteiger partial charge in [-0.2, -0.15) is 0 Å². The lowest BCUT2D eigenvalue weighted by molar-refractivity contribution is 0.250. The smallest absolute Gasteiger partial charge is 0.0931 e. The number of aliphatic hydroxyl groups excluding tert-OH is 1. The van der Waals surface area contributed by atoms with E-state index < -0.39 is 0 Å². The minimum absolute atomic E-state index is 0.0244. The van der Waals surface area contributed by atoms with E-state index in [4.69, 9.17) is 39.9 Å². The Labute approximate surface area is 169 Å². The minimum Gasteiger partial charge on any atom is -0.381 e. The fraction of sp³-hybridized carbons (Fsp3) is 0.400. The van der Waals surface area contributed by atoms with E-state index in [1.54, 1.807) is 0 Å². The summed E-state index contributed by atoms with van der Waals surface area (Å²) in [6, 6.07) is 13.9. The molecule has 3 rings (SSSR count). The molecule has 0 amide bonds. The highest BCUT2D eigenvalue weighted by molar-refractivity contribution is 6.35. The number of aliphatic hydroxyl groups is 1. The van der Waals surface area contributed by atoms with Crippen LogP contribution < -0.4 is 10.2 Å². The van der Waals surface area contributed by atoms with Gasteiger partial charge in [0.1, 0.15) is 0 Å². The summed E-state index contributed by atoms with van der Waals surface area (Å²) >= 11 is 18.7. The molecule has 2 atom stereocenters. The van der Waals surface area contributed by atoms with Gasteiger partial charge in [-0.05, 0) is 73.7 Å². The van der Waals surface area contributed by atoms with E-state index in [9.17, 15) is 0 Å². The van der Waals surface area contributed by atoms with Crippen molar-refractivity contribution in [2.75, 3.05) is 24.7 Å². The van der Waals surface area contributed by atoms with Gasteiger partial charge in [-0.15, -0.1) is 0 Å². The second kappa shape index (κ2) is 9.29. The number of nitrogens with zero attached hydrogens (tertiary/aromatic N) is 1. The summed E-state index contributed by atoms with van der Waals surface area (Å²) in [5, 5.41) is 14.0. The molecule has 2 aromatic rings. The monoisotopic (exact) mass is 412 g/mol. The molecule has 1 fully saturated rings. The van der Waals surface area contributed by atoms with Crippen LogP contribution in [0.25, 0.3) is 0 Å². The molecule has 0 saturated carbocycles. The van der Waals surface area contributed by atoms with Crippen LogP contribution in [-0.4, -0.2) is 24.9 Å². The first-order valence-electron chi connectivity index (χ1n) is 8.87. The van der Waals surface area contributed by atoms with Crippen LogP contribution >= 0.6 is 34.8 Å². The summed E-state index contributed by atoms with van der Waals surface area (Å²) in [4.78, 5) is 2.42. The molecule has 1 aliphatic rings. The zero-order valence-electron chi connectivity index (χ0n) is 14.5. The van der Waals surface area contributed by atoms with Gasteiger partial charge in [0.25, 0.3) is 0 Å². The lowest BCUT2D eigenvalue weighted by Gasteiger charge is -2.42. The maximum atomic E-state index is 8.94. The third kappa shape index (κ3) is 4.85. The lowest BCUT2D eigenvalue weighted by atomic mass is 9.86. The Morgan fingerprint density at radius 1 is 1.00 bits per heavy atom. The first-order valence-corrected chi connectivity index (χ1v) is 10.0. The number of halogens is 3. The van der Waals surface area contributed by atoms with Gasteiger partial charge in [-0.25, -0.2) is 0 Å². The largest absolute Gasteiger partial charge is 0.381 e. The topological polar surface area (TPSA) is 35.5 Å². The zero-order chi connectivity index (χ0) is 18.5. The summed E-state index contributed by atoms with van der Waals surface area (Å²) in [5.74, 6) is 0.562. The third-order valence-corrected chi connectivity index (χ3v) is 5.81. The van der Waals surface area contributed by atoms with Crippen molar-refractivity contribution >= 4 is 40.5 Å². The SMILES string of the molecule is OCNCCC1CCC(c2ccc(Cl)cc2Cl)N(c2ccc(Cl)cc2)C1.